The van der Waals surface area contributed by atoms with Gasteiger partial charge in [0.1, 0.15) is 12.2 Å². The third-order valence-electron chi connectivity index (χ3n) is 6.61. The monoisotopic (exact) mass is 478 g/mol. The SMILES string of the molecule is Nc1cccn(CC(=O)N2CCN(C3CCCN(C(=O)c4cc5nc[nH]c5cn4)C3)C(=O)C2)c1=O. The van der Waals surface area contributed by atoms with Gasteiger partial charge in [-0.15, -0.1) is 0 Å². The molecule has 0 aromatic carbocycles. The summed E-state index contributed by atoms with van der Waals surface area (Å²) in [5.41, 5.74) is 7.02. The van der Waals surface area contributed by atoms with E-state index >= 15 is 0 Å². The van der Waals surface area contributed by atoms with Crippen LogP contribution in [-0.2, 0) is 16.1 Å². The molecule has 5 rings (SSSR count). The number of amides is 3. The van der Waals surface area contributed by atoms with Gasteiger partial charge >= 0.3 is 0 Å². The van der Waals surface area contributed by atoms with E-state index in [2.05, 4.69) is 15.0 Å². The Bertz CT molecular complexity index is 1350. The van der Waals surface area contributed by atoms with E-state index in [1.54, 1.807) is 34.5 Å². The molecule has 5 heterocycles. The van der Waals surface area contributed by atoms with Crippen molar-refractivity contribution in [2.75, 3.05) is 38.5 Å². The molecule has 1 atom stereocenters. The smallest absolute Gasteiger partial charge is 0.274 e. The second-order valence-corrected chi connectivity index (χ2v) is 8.84. The van der Waals surface area contributed by atoms with E-state index in [0.717, 1.165) is 18.4 Å². The fourth-order valence-electron chi connectivity index (χ4n) is 4.72. The number of carbonyl (C=O) groups is 3. The molecule has 182 valence electrons. The summed E-state index contributed by atoms with van der Waals surface area (Å²) in [6.45, 7) is 1.52. The van der Waals surface area contributed by atoms with E-state index in [-0.39, 0.29) is 42.5 Å². The predicted molar refractivity (Wildman–Crippen MR) is 126 cm³/mol. The van der Waals surface area contributed by atoms with Crippen LogP contribution in [0.25, 0.3) is 11.0 Å². The second-order valence-electron chi connectivity index (χ2n) is 8.84. The number of carbonyl (C=O) groups excluding carboxylic acids is 3. The molecule has 3 aromatic heterocycles. The molecule has 0 radical (unpaired) electrons. The van der Waals surface area contributed by atoms with Crippen molar-refractivity contribution in [3.63, 3.8) is 0 Å². The van der Waals surface area contributed by atoms with Gasteiger partial charge in [-0.25, -0.2) is 9.97 Å². The highest BCUT2D eigenvalue weighted by Gasteiger charge is 2.35. The first-order valence-corrected chi connectivity index (χ1v) is 11.5. The average molecular weight is 479 g/mol. The van der Waals surface area contributed by atoms with Gasteiger partial charge < -0.3 is 30.0 Å². The number of nitrogens with zero attached hydrogens (tertiary/aromatic N) is 6. The van der Waals surface area contributed by atoms with Gasteiger partial charge in [0.2, 0.25) is 11.8 Å². The zero-order valence-corrected chi connectivity index (χ0v) is 19.1. The molecule has 3 N–H and O–H groups in total. The Hall–Kier alpha value is -4.22. The van der Waals surface area contributed by atoms with Crippen LogP contribution in [-0.4, -0.2) is 90.7 Å². The maximum Gasteiger partial charge on any atom is 0.274 e. The largest absolute Gasteiger partial charge is 0.394 e. The average Bonchev–Trinajstić information content (AvgIpc) is 3.34. The Balaban J connectivity index is 1.21. The molecular weight excluding hydrogens is 452 g/mol. The summed E-state index contributed by atoms with van der Waals surface area (Å²) >= 11 is 0. The van der Waals surface area contributed by atoms with Gasteiger partial charge in [-0.1, -0.05) is 0 Å². The molecule has 3 aromatic rings. The van der Waals surface area contributed by atoms with Crippen LogP contribution in [0.2, 0.25) is 0 Å². The number of pyridine rings is 2. The Labute approximate surface area is 200 Å². The van der Waals surface area contributed by atoms with Crippen molar-refractivity contribution >= 4 is 34.4 Å². The first kappa shape index (κ1) is 22.6. The number of aromatic nitrogens is 4. The minimum atomic E-state index is -0.432. The van der Waals surface area contributed by atoms with Crippen LogP contribution in [0.3, 0.4) is 0 Å². The lowest BCUT2D eigenvalue weighted by molar-refractivity contribution is -0.148. The van der Waals surface area contributed by atoms with Gasteiger partial charge in [-0.05, 0) is 31.0 Å². The summed E-state index contributed by atoms with van der Waals surface area (Å²) in [4.78, 5) is 67.2. The number of fused-ring (bicyclic) bond motifs is 1. The van der Waals surface area contributed by atoms with Gasteiger partial charge in [0.05, 0.1) is 35.8 Å². The van der Waals surface area contributed by atoms with E-state index in [9.17, 15) is 19.2 Å². The van der Waals surface area contributed by atoms with Crippen LogP contribution in [0.5, 0.6) is 0 Å². The molecule has 35 heavy (non-hydrogen) atoms. The maximum absolute atomic E-state index is 13.1. The summed E-state index contributed by atoms with van der Waals surface area (Å²) in [5.74, 6) is -0.667. The van der Waals surface area contributed by atoms with E-state index in [0.29, 0.717) is 37.4 Å². The lowest BCUT2D eigenvalue weighted by Gasteiger charge is -2.43. The quantitative estimate of drug-likeness (QED) is 0.521. The summed E-state index contributed by atoms with van der Waals surface area (Å²) in [7, 11) is 0. The van der Waals surface area contributed by atoms with E-state index in [1.165, 1.54) is 21.7 Å². The molecule has 12 nitrogen and oxygen atoms in total. The molecule has 0 saturated carbocycles. The lowest BCUT2D eigenvalue weighted by atomic mass is 10.0. The number of rotatable bonds is 4. The third kappa shape index (κ3) is 4.46. The number of likely N-dealkylation sites (tertiary alicyclic amines) is 1. The predicted octanol–water partition coefficient (Wildman–Crippen LogP) is -0.323. The molecule has 2 aliphatic rings. The van der Waals surface area contributed by atoms with E-state index in [1.807, 2.05) is 0 Å². The summed E-state index contributed by atoms with van der Waals surface area (Å²) in [6.07, 6.45) is 6.20. The van der Waals surface area contributed by atoms with Crippen molar-refractivity contribution in [2.24, 2.45) is 0 Å². The molecule has 3 amide bonds. The Morgan fingerprint density at radius 1 is 1.14 bits per heavy atom. The molecular formula is C23H26N8O4. The fourth-order valence-corrected chi connectivity index (χ4v) is 4.72. The number of nitrogens with two attached hydrogens (primary N) is 1. The molecule has 1 unspecified atom stereocenters. The minimum absolute atomic E-state index is 0.0578. The van der Waals surface area contributed by atoms with Gasteiger partial charge in [-0.3, -0.25) is 19.2 Å². The highest BCUT2D eigenvalue weighted by Crippen LogP contribution is 2.21. The van der Waals surface area contributed by atoms with Gasteiger partial charge in [-0.2, -0.15) is 0 Å². The van der Waals surface area contributed by atoms with Crippen molar-refractivity contribution in [3.8, 4) is 0 Å². The highest BCUT2D eigenvalue weighted by molar-refractivity contribution is 5.95. The van der Waals surface area contributed by atoms with Crippen LogP contribution in [0.1, 0.15) is 23.3 Å². The Morgan fingerprint density at radius 2 is 2.00 bits per heavy atom. The molecule has 0 bridgehead atoms. The Kier molecular flexibility index (Phi) is 5.93. The van der Waals surface area contributed by atoms with Gasteiger partial charge in [0.15, 0.2) is 0 Å². The normalized spacial score (nSPS) is 18.8. The van der Waals surface area contributed by atoms with Crippen LogP contribution in [0.4, 0.5) is 5.69 Å². The second kappa shape index (κ2) is 9.20. The molecule has 0 aliphatic carbocycles. The minimum Gasteiger partial charge on any atom is -0.394 e. The number of hydrogen-bond acceptors (Lipinski definition) is 7. The molecule has 2 aliphatic heterocycles. The number of anilines is 1. The number of hydrogen-bond donors (Lipinski definition) is 2. The molecule has 12 heteroatoms. The fraction of sp³-hybridized carbons (Fsp3) is 0.391. The number of nitrogens with one attached hydrogen (secondary N) is 1. The Morgan fingerprint density at radius 3 is 2.83 bits per heavy atom. The highest BCUT2D eigenvalue weighted by atomic mass is 16.2. The molecule has 2 saturated heterocycles. The zero-order valence-electron chi connectivity index (χ0n) is 19.1. The van der Waals surface area contributed by atoms with Crippen LogP contribution in [0, 0.1) is 0 Å². The third-order valence-corrected chi connectivity index (χ3v) is 6.61. The van der Waals surface area contributed by atoms with E-state index < -0.39 is 5.56 Å². The van der Waals surface area contributed by atoms with Crippen molar-refractivity contribution in [1.82, 2.24) is 34.2 Å². The number of aromatic amines is 1. The summed E-state index contributed by atoms with van der Waals surface area (Å²) in [6, 6.07) is 4.63. The number of nitrogen functional groups attached to an aromatic ring is 1. The van der Waals surface area contributed by atoms with Gasteiger partial charge in [0, 0.05) is 38.4 Å². The zero-order chi connectivity index (χ0) is 24.5. The topological polar surface area (TPSA) is 151 Å². The van der Waals surface area contributed by atoms with Crippen molar-refractivity contribution in [2.45, 2.75) is 25.4 Å². The van der Waals surface area contributed by atoms with Crippen molar-refractivity contribution in [1.29, 1.82) is 0 Å². The molecule has 0 spiro atoms. The van der Waals surface area contributed by atoms with Crippen LogP contribution in [0.15, 0.2) is 41.7 Å². The van der Waals surface area contributed by atoms with Crippen molar-refractivity contribution in [3.05, 3.63) is 53.0 Å². The van der Waals surface area contributed by atoms with Crippen molar-refractivity contribution < 1.29 is 14.4 Å². The standard InChI is InChI=1S/C23H26N8O4/c24-16-4-2-6-30(22(16)34)12-20(32)28-7-8-31(21(33)13-28)15-3-1-5-29(11-15)23(35)18-9-17-19(10-25-18)27-14-26-17/h2,4,6,9-10,14-15H,1,3,5,7-8,11-13,24H2,(H,26,27). The molecule has 2 fully saturated rings. The number of H-pyrrole nitrogens is 1. The summed E-state index contributed by atoms with van der Waals surface area (Å²) in [5, 5.41) is 0. The van der Waals surface area contributed by atoms with Gasteiger partial charge in [0.25, 0.3) is 11.5 Å². The lowest BCUT2D eigenvalue weighted by Crippen LogP contribution is -2.59. The van der Waals surface area contributed by atoms with E-state index in [4.69, 9.17) is 5.73 Å². The van der Waals surface area contributed by atoms with Crippen LogP contribution < -0.4 is 11.3 Å². The number of imidazole rings is 1. The first-order valence-electron chi connectivity index (χ1n) is 11.5. The van der Waals surface area contributed by atoms with Crippen LogP contribution >= 0.6 is 0 Å². The number of piperazine rings is 1. The maximum atomic E-state index is 13.1. The summed E-state index contributed by atoms with van der Waals surface area (Å²) < 4.78 is 1.24. The first-order chi connectivity index (χ1) is 16.9. The number of piperidine rings is 1.